The fourth-order valence-electron chi connectivity index (χ4n) is 3.18. The van der Waals surface area contributed by atoms with Crippen molar-refractivity contribution in [3.8, 4) is 0 Å². The van der Waals surface area contributed by atoms with E-state index in [4.69, 9.17) is 4.74 Å². The fourth-order valence-corrected chi connectivity index (χ4v) is 3.18. The number of carbonyl (C=O) groups excluding carboxylic acids is 1. The van der Waals surface area contributed by atoms with Crippen molar-refractivity contribution in [1.29, 1.82) is 0 Å². The molecule has 110 valence electrons. The highest BCUT2D eigenvalue weighted by molar-refractivity contribution is 5.77. The van der Waals surface area contributed by atoms with E-state index in [1.807, 2.05) is 25.0 Å². The third-order valence-electron chi connectivity index (χ3n) is 4.27. The number of hydrogen-bond acceptors (Lipinski definition) is 4. The average molecular weight is 278 g/mol. The summed E-state index contributed by atoms with van der Waals surface area (Å²) in [7, 11) is 3.81. The predicted octanol–water partition coefficient (Wildman–Crippen LogP) is 0.0992. The Labute approximate surface area is 119 Å². The first-order valence-corrected chi connectivity index (χ1v) is 7.17. The number of ether oxygens (including phenoxy) is 1. The first-order valence-electron chi connectivity index (χ1n) is 7.17. The maximum atomic E-state index is 11.7. The SMILES string of the molecule is CN1C[C@H]2CN(Cc3cnn(C)c3)CC[C@@H]2OCC1=O. The van der Waals surface area contributed by atoms with Gasteiger partial charge in [-0.2, -0.15) is 5.10 Å². The van der Waals surface area contributed by atoms with E-state index in [1.54, 1.807) is 4.90 Å². The zero-order valence-corrected chi connectivity index (χ0v) is 12.2. The van der Waals surface area contributed by atoms with Gasteiger partial charge in [0.25, 0.3) is 0 Å². The summed E-state index contributed by atoms with van der Waals surface area (Å²) in [6.45, 7) is 3.97. The minimum atomic E-state index is 0.0956. The molecule has 0 spiro atoms. The molecule has 6 nitrogen and oxygen atoms in total. The topological polar surface area (TPSA) is 50.6 Å². The van der Waals surface area contributed by atoms with Crippen LogP contribution in [0.25, 0.3) is 0 Å². The molecule has 0 N–H and O–H groups in total. The summed E-state index contributed by atoms with van der Waals surface area (Å²) in [6, 6.07) is 0. The van der Waals surface area contributed by atoms with E-state index in [1.165, 1.54) is 5.56 Å². The highest BCUT2D eigenvalue weighted by Gasteiger charge is 2.34. The molecule has 3 heterocycles. The summed E-state index contributed by atoms with van der Waals surface area (Å²) in [5.41, 5.74) is 1.24. The predicted molar refractivity (Wildman–Crippen MR) is 74.0 cm³/mol. The van der Waals surface area contributed by atoms with E-state index in [2.05, 4.69) is 16.2 Å². The van der Waals surface area contributed by atoms with E-state index in [9.17, 15) is 4.79 Å². The second kappa shape index (κ2) is 5.54. The molecule has 2 atom stereocenters. The van der Waals surface area contributed by atoms with E-state index in [0.29, 0.717) is 5.92 Å². The number of hydrogen-bond donors (Lipinski definition) is 0. The van der Waals surface area contributed by atoms with Crippen LogP contribution in [0.15, 0.2) is 12.4 Å². The number of aromatic nitrogens is 2. The standard InChI is InChI=1S/C14H22N4O2/c1-16-8-12-9-18(7-11-5-15-17(2)6-11)4-3-13(12)20-10-14(16)19/h5-6,12-13H,3-4,7-10H2,1-2H3/t12-,13-/m0/s1. The second-order valence-electron chi connectivity index (χ2n) is 5.93. The Morgan fingerprint density at radius 3 is 3.00 bits per heavy atom. The van der Waals surface area contributed by atoms with Crippen molar-refractivity contribution < 1.29 is 9.53 Å². The summed E-state index contributed by atoms with van der Waals surface area (Å²) in [5, 5.41) is 4.21. The molecule has 1 aromatic rings. The number of carbonyl (C=O) groups is 1. The first kappa shape index (κ1) is 13.6. The second-order valence-corrected chi connectivity index (χ2v) is 5.93. The molecule has 0 radical (unpaired) electrons. The lowest BCUT2D eigenvalue weighted by Crippen LogP contribution is -2.46. The number of likely N-dealkylation sites (tertiary alicyclic amines) is 1. The summed E-state index contributed by atoms with van der Waals surface area (Å²) in [5.74, 6) is 0.509. The number of rotatable bonds is 2. The van der Waals surface area contributed by atoms with Crippen LogP contribution in [-0.2, 0) is 23.1 Å². The Bertz CT molecular complexity index is 487. The van der Waals surface area contributed by atoms with Crippen molar-refractivity contribution >= 4 is 5.91 Å². The van der Waals surface area contributed by atoms with Crippen LogP contribution in [0.4, 0.5) is 0 Å². The van der Waals surface area contributed by atoms with Gasteiger partial charge in [0.2, 0.25) is 5.91 Å². The molecule has 0 unspecified atom stereocenters. The van der Waals surface area contributed by atoms with Crippen molar-refractivity contribution in [3.63, 3.8) is 0 Å². The Balaban J connectivity index is 1.63. The van der Waals surface area contributed by atoms with Crippen molar-refractivity contribution in [2.45, 2.75) is 19.1 Å². The van der Waals surface area contributed by atoms with Crippen molar-refractivity contribution in [2.24, 2.45) is 13.0 Å². The molecule has 20 heavy (non-hydrogen) atoms. The third kappa shape index (κ3) is 2.86. The lowest BCUT2D eigenvalue weighted by atomic mass is 9.94. The van der Waals surface area contributed by atoms with Crippen LogP contribution < -0.4 is 0 Å². The van der Waals surface area contributed by atoms with Crippen LogP contribution in [0.3, 0.4) is 0 Å². The average Bonchev–Trinajstić information content (AvgIpc) is 2.76. The minimum Gasteiger partial charge on any atom is -0.368 e. The molecule has 2 saturated heterocycles. The molecule has 2 fully saturated rings. The van der Waals surface area contributed by atoms with Crippen LogP contribution in [-0.4, -0.2) is 64.9 Å². The summed E-state index contributed by atoms with van der Waals surface area (Å²) < 4.78 is 7.59. The quantitative estimate of drug-likeness (QED) is 0.770. The summed E-state index contributed by atoms with van der Waals surface area (Å²) >= 11 is 0. The lowest BCUT2D eigenvalue weighted by Gasteiger charge is -2.37. The lowest BCUT2D eigenvalue weighted by molar-refractivity contribution is -0.133. The van der Waals surface area contributed by atoms with Crippen LogP contribution in [0, 0.1) is 5.92 Å². The number of amides is 1. The van der Waals surface area contributed by atoms with E-state index in [0.717, 1.165) is 32.6 Å². The molecule has 2 aliphatic rings. The van der Waals surface area contributed by atoms with Gasteiger partial charge in [-0.25, -0.2) is 0 Å². The van der Waals surface area contributed by atoms with Crippen LogP contribution in [0.2, 0.25) is 0 Å². The Morgan fingerprint density at radius 2 is 2.25 bits per heavy atom. The van der Waals surface area contributed by atoms with Crippen LogP contribution >= 0.6 is 0 Å². The van der Waals surface area contributed by atoms with Gasteiger partial charge in [0.05, 0.1) is 12.3 Å². The number of aryl methyl sites for hydroxylation is 1. The van der Waals surface area contributed by atoms with Crippen molar-refractivity contribution in [3.05, 3.63) is 18.0 Å². The molecule has 0 saturated carbocycles. The number of piperidine rings is 1. The monoisotopic (exact) mass is 278 g/mol. The Morgan fingerprint density at radius 1 is 1.40 bits per heavy atom. The molecule has 3 rings (SSSR count). The molecule has 2 aliphatic heterocycles. The number of nitrogens with zero attached hydrogens (tertiary/aromatic N) is 4. The molecular weight excluding hydrogens is 256 g/mol. The van der Waals surface area contributed by atoms with E-state index in [-0.39, 0.29) is 18.6 Å². The molecule has 1 amide bonds. The smallest absolute Gasteiger partial charge is 0.248 e. The molecule has 0 aliphatic carbocycles. The van der Waals surface area contributed by atoms with Gasteiger partial charge >= 0.3 is 0 Å². The zero-order chi connectivity index (χ0) is 14.1. The largest absolute Gasteiger partial charge is 0.368 e. The van der Waals surface area contributed by atoms with Gasteiger partial charge in [0.15, 0.2) is 0 Å². The third-order valence-corrected chi connectivity index (χ3v) is 4.27. The number of likely N-dealkylation sites (N-methyl/N-ethyl adjacent to an activating group) is 1. The first-order chi connectivity index (χ1) is 9.61. The Hall–Kier alpha value is -1.40. The maximum absolute atomic E-state index is 11.7. The molecule has 0 bridgehead atoms. The highest BCUT2D eigenvalue weighted by Crippen LogP contribution is 2.24. The number of fused-ring (bicyclic) bond motifs is 1. The fraction of sp³-hybridized carbons (Fsp3) is 0.714. The van der Waals surface area contributed by atoms with Gasteiger partial charge in [-0.15, -0.1) is 0 Å². The normalized spacial score (nSPS) is 28.3. The summed E-state index contributed by atoms with van der Waals surface area (Å²) in [4.78, 5) is 15.9. The Kier molecular flexibility index (Phi) is 3.76. The van der Waals surface area contributed by atoms with Gasteiger partial charge in [0.1, 0.15) is 6.61 Å². The molecular formula is C14H22N4O2. The zero-order valence-electron chi connectivity index (χ0n) is 12.2. The van der Waals surface area contributed by atoms with Crippen molar-refractivity contribution in [1.82, 2.24) is 19.6 Å². The van der Waals surface area contributed by atoms with Gasteiger partial charge < -0.3 is 9.64 Å². The van der Waals surface area contributed by atoms with Crippen LogP contribution in [0.1, 0.15) is 12.0 Å². The van der Waals surface area contributed by atoms with Gasteiger partial charge in [-0.1, -0.05) is 0 Å². The van der Waals surface area contributed by atoms with Crippen molar-refractivity contribution in [2.75, 3.05) is 33.3 Å². The highest BCUT2D eigenvalue weighted by atomic mass is 16.5. The van der Waals surface area contributed by atoms with Gasteiger partial charge in [-0.05, 0) is 6.42 Å². The summed E-state index contributed by atoms with van der Waals surface area (Å²) in [6.07, 6.45) is 5.22. The molecule has 6 heteroatoms. The van der Waals surface area contributed by atoms with Gasteiger partial charge in [-0.3, -0.25) is 14.4 Å². The van der Waals surface area contributed by atoms with Crippen LogP contribution in [0.5, 0.6) is 0 Å². The molecule has 1 aromatic heterocycles. The van der Waals surface area contributed by atoms with E-state index >= 15 is 0 Å². The maximum Gasteiger partial charge on any atom is 0.248 e. The minimum absolute atomic E-state index is 0.0956. The van der Waals surface area contributed by atoms with E-state index < -0.39 is 0 Å². The van der Waals surface area contributed by atoms with Gasteiger partial charge in [0, 0.05) is 58.0 Å². The molecule has 0 aromatic carbocycles.